The topological polar surface area (TPSA) is 81.4 Å². The van der Waals surface area contributed by atoms with Crippen LogP contribution in [0.5, 0.6) is 0 Å². The zero-order valence-corrected chi connectivity index (χ0v) is 11.3. The van der Waals surface area contributed by atoms with E-state index >= 15 is 0 Å². The Hall–Kier alpha value is -2.19. The fourth-order valence-electron chi connectivity index (χ4n) is 1.28. The van der Waals surface area contributed by atoms with Gasteiger partial charge in [0.05, 0.1) is 24.2 Å². The van der Waals surface area contributed by atoms with Crippen molar-refractivity contribution in [3.63, 3.8) is 0 Å². The van der Waals surface area contributed by atoms with Crippen LogP contribution in [0.15, 0.2) is 12.1 Å². The molecule has 0 spiro atoms. The number of hydrogen-bond acceptors (Lipinski definition) is 4. The second-order valence-electron chi connectivity index (χ2n) is 3.62. The van der Waals surface area contributed by atoms with Crippen molar-refractivity contribution in [3.05, 3.63) is 28.3 Å². The number of carbonyl (C=O) groups excluding carboxylic acids is 2. The molecule has 6 heteroatoms. The molecule has 0 aromatic heterocycles. The first-order valence-corrected chi connectivity index (χ1v) is 5.74. The van der Waals surface area contributed by atoms with Gasteiger partial charge in [-0.3, -0.25) is 4.79 Å². The van der Waals surface area contributed by atoms with E-state index in [2.05, 4.69) is 21.9 Å². The first-order chi connectivity index (χ1) is 8.95. The lowest BCUT2D eigenvalue weighted by molar-refractivity contribution is -0.118. The molecule has 19 heavy (non-hydrogen) atoms. The summed E-state index contributed by atoms with van der Waals surface area (Å²) in [5.74, 6) is 4.74. The maximum atomic E-state index is 11.5. The van der Waals surface area contributed by atoms with E-state index in [1.807, 2.05) is 0 Å². The van der Waals surface area contributed by atoms with Gasteiger partial charge in [0.15, 0.2) is 0 Å². The number of carbonyl (C=O) groups is 2. The number of benzene rings is 1. The molecule has 0 aliphatic heterocycles. The van der Waals surface area contributed by atoms with Crippen LogP contribution in [0.3, 0.4) is 0 Å². The quantitative estimate of drug-likeness (QED) is 0.484. The Labute approximate surface area is 116 Å². The molecule has 1 aromatic carbocycles. The smallest absolute Gasteiger partial charge is 0.340 e. The van der Waals surface area contributed by atoms with E-state index in [1.165, 1.54) is 26.2 Å². The third-order valence-corrected chi connectivity index (χ3v) is 2.51. The highest BCUT2D eigenvalue weighted by molar-refractivity contribution is 6.32. The Kier molecular flexibility index (Phi) is 5.22. The molecule has 0 saturated heterocycles. The van der Waals surface area contributed by atoms with Gasteiger partial charge in [0.25, 0.3) is 0 Å². The Balaban J connectivity index is 3.01. The molecule has 0 radical (unpaired) electrons. The van der Waals surface area contributed by atoms with E-state index in [0.717, 1.165) is 0 Å². The average molecular weight is 281 g/mol. The summed E-state index contributed by atoms with van der Waals surface area (Å²) in [6.45, 7) is 1.59. The van der Waals surface area contributed by atoms with E-state index in [4.69, 9.17) is 17.3 Å². The summed E-state index contributed by atoms with van der Waals surface area (Å²) in [7, 11) is 1.26. The van der Waals surface area contributed by atoms with Gasteiger partial charge in [0, 0.05) is 18.2 Å². The van der Waals surface area contributed by atoms with E-state index in [9.17, 15) is 9.59 Å². The first kappa shape index (κ1) is 14.9. The molecule has 0 atom stereocenters. The number of anilines is 1. The SMILES string of the molecule is COC(=O)c1cc(C#CCNC(C)=O)c(Cl)cc1N. The van der Waals surface area contributed by atoms with Crippen LogP contribution in [0.2, 0.25) is 5.02 Å². The molecule has 1 aromatic rings. The molecule has 0 bridgehead atoms. The van der Waals surface area contributed by atoms with Crippen molar-refractivity contribution in [1.82, 2.24) is 5.32 Å². The molecule has 3 N–H and O–H groups in total. The Bertz CT molecular complexity index is 573. The molecule has 0 heterocycles. The van der Waals surface area contributed by atoms with Crippen LogP contribution in [0.1, 0.15) is 22.8 Å². The predicted molar refractivity (Wildman–Crippen MR) is 72.8 cm³/mol. The molecule has 100 valence electrons. The summed E-state index contributed by atoms with van der Waals surface area (Å²) in [5.41, 5.74) is 6.55. The van der Waals surface area contributed by atoms with Crippen LogP contribution in [0.25, 0.3) is 0 Å². The molecule has 0 saturated carbocycles. The Morgan fingerprint density at radius 3 is 2.74 bits per heavy atom. The highest BCUT2D eigenvalue weighted by Crippen LogP contribution is 2.23. The summed E-state index contributed by atoms with van der Waals surface area (Å²) in [5, 5.41) is 2.86. The number of esters is 1. The van der Waals surface area contributed by atoms with Gasteiger partial charge in [0.2, 0.25) is 5.91 Å². The van der Waals surface area contributed by atoms with Crippen molar-refractivity contribution in [2.45, 2.75) is 6.92 Å². The fraction of sp³-hybridized carbons (Fsp3) is 0.231. The molecule has 5 nitrogen and oxygen atoms in total. The molecule has 0 aliphatic rings. The zero-order chi connectivity index (χ0) is 14.4. The minimum Gasteiger partial charge on any atom is -0.465 e. The average Bonchev–Trinajstić information content (AvgIpc) is 2.35. The molecule has 1 rings (SSSR count). The second kappa shape index (κ2) is 6.66. The van der Waals surface area contributed by atoms with Crippen LogP contribution in [0.4, 0.5) is 5.69 Å². The summed E-state index contributed by atoms with van der Waals surface area (Å²) in [6.07, 6.45) is 0. The third-order valence-electron chi connectivity index (χ3n) is 2.19. The van der Waals surface area contributed by atoms with Crippen molar-refractivity contribution in [1.29, 1.82) is 0 Å². The number of ether oxygens (including phenoxy) is 1. The summed E-state index contributed by atoms with van der Waals surface area (Å²) >= 11 is 5.97. The summed E-state index contributed by atoms with van der Waals surface area (Å²) in [4.78, 5) is 22.1. The first-order valence-electron chi connectivity index (χ1n) is 5.36. The second-order valence-corrected chi connectivity index (χ2v) is 4.03. The van der Waals surface area contributed by atoms with E-state index in [1.54, 1.807) is 0 Å². The highest BCUT2D eigenvalue weighted by atomic mass is 35.5. The molecule has 1 amide bonds. The molecule has 0 fully saturated rings. The summed E-state index contributed by atoms with van der Waals surface area (Å²) < 4.78 is 4.60. The fourth-order valence-corrected chi connectivity index (χ4v) is 1.50. The van der Waals surface area contributed by atoms with E-state index in [0.29, 0.717) is 10.6 Å². The van der Waals surface area contributed by atoms with Gasteiger partial charge in [-0.15, -0.1) is 0 Å². The largest absolute Gasteiger partial charge is 0.465 e. The number of nitrogens with one attached hydrogen (secondary N) is 1. The number of methoxy groups -OCH3 is 1. The van der Waals surface area contributed by atoms with Crippen LogP contribution < -0.4 is 11.1 Å². The minimum atomic E-state index is -0.556. The molecule has 0 unspecified atom stereocenters. The van der Waals surface area contributed by atoms with Crippen LogP contribution in [0, 0.1) is 11.8 Å². The van der Waals surface area contributed by atoms with Gasteiger partial charge in [-0.05, 0) is 12.1 Å². The third kappa shape index (κ3) is 4.19. The lowest BCUT2D eigenvalue weighted by atomic mass is 10.1. The number of halogens is 1. The number of rotatable bonds is 2. The summed E-state index contributed by atoms with van der Waals surface area (Å²) in [6, 6.07) is 2.90. The minimum absolute atomic E-state index is 0.173. The van der Waals surface area contributed by atoms with Gasteiger partial charge < -0.3 is 15.8 Å². The lowest BCUT2D eigenvalue weighted by Crippen LogP contribution is -2.19. The highest BCUT2D eigenvalue weighted by Gasteiger charge is 2.12. The molecule has 0 aliphatic carbocycles. The van der Waals surface area contributed by atoms with Crippen molar-refractivity contribution >= 4 is 29.2 Å². The van der Waals surface area contributed by atoms with Gasteiger partial charge in [-0.2, -0.15) is 0 Å². The number of nitrogens with two attached hydrogens (primary N) is 1. The number of hydrogen-bond donors (Lipinski definition) is 2. The zero-order valence-electron chi connectivity index (χ0n) is 10.5. The van der Waals surface area contributed by atoms with Crippen molar-refractivity contribution in [3.8, 4) is 11.8 Å². The van der Waals surface area contributed by atoms with Gasteiger partial charge in [-0.1, -0.05) is 23.4 Å². The van der Waals surface area contributed by atoms with Gasteiger partial charge in [-0.25, -0.2) is 4.79 Å². The van der Waals surface area contributed by atoms with Crippen molar-refractivity contribution in [2.24, 2.45) is 0 Å². The molecular weight excluding hydrogens is 268 g/mol. The van der Waals surface area contributed by atoms with Crippen LogP contribution in [-0.2, 0) is 9.53 Å². The number of nitrogen functional groups attached to an aromatic ring is 1. The van der Waals surface area contributed by atoms with E-state index < -0.39 is 5.97 Å². The van der Waals surface area contributed by atoms with Crippen LogP contribution >= 0.6 is 11.6 Å². The Morgan fingerprint density at radius 2 is 2.16 bits per heavy atom. The predicted octanol–water partition coefficient (Wildman–Crippen LogP) is 1.20. The van der Waals surface area contributed by atoms with Gasteiger partial charge >= 0.3 is 5.97 Å². The van der Waals surface area contributed by atoms with Crippen molar-refractivity contribution < 1.29 is 14.3 Å². The van der Waals surface area contributed by atoms with E-state index in [-0.39, 0.29) is 23.7 Å². The number of amides is 1. The Morgan fingerprint density at radius 1 is 1.47 bits per heavy atom. The molecular formula is C13H13ClN2O3. The lowest BCUT2D eigenvalue weighted by Gasteiger charge is -2.05. The van der Waals surface area contributed by atoms with Gasteiger partial charge in [0.1, 0.15) is 0 Å². The monoisotopic (exact) mass is 280 g/mol. The van der Waals surface area contributed by atoms with Crippen molar-refractivity contribution in [2.75, 3.05) is 19.4 Å². The maximum Gasteiger partial charge on any atom is 0.340 e. The van der Waals surface area contributed by atoms with Crippen LogP contribution in [-0.4, -0.2) is 25.5 Å². The normalized spacial score (nSPS) is 9.21. The maximum absolute atomic E-state index is 11.5. The standard InChI is InChI=1S/C13H13ClN2O3/c1-8(17)16-5-3-4-9-6-10(13(18)19-2)12(15)7-11(9)14/h6-7H,5,15H2,1-2H3,(H,16,17).